The molecule has 0 aromatic heterocycles. The fourth-order valence-corrected chi connectivity index (χ4v) is 3.14. The van der Waals surface area contributed by atoms with Gasteiger partial charge in [-0.05, 0) is 45.7 Å². The number of carbonyl (C=O) groups excluding carboxylic acids is 3. The van der Waals surface area contributed by atoms with Gasteiger partial charge in [-0.15, -0.1) is 0 Å². The molecular formula is C18H22N2O3. The van der Waals surface area contributed by atoms with Gasteiger partial charge in [0.25, 0.3) is 5.91 Å². The van der Waals surface area contributed by atoms with Gasteiger partial charge < -0.3 is 4.90 Å². The average molecular weight is 314 g/mol. The van der Waals surface area contributed by atoms with E-state index in [4.69, 9.17) is 0 Å². The van der Waals surface area contributed by atoms with Crippen LogP contribution in [0.15, 0.2) is 30.3 Å². The zero-order valence-electron chi connectivity index (χ0n) is 13.8. The fourth-order valence-electron chi connectivity index (χ4n) is 3.14. The minimum Gasteiger partial charge on any atom is -0.325 e. The van der Waals surface area contributed by atoms with Crippen LogP contribution in [0.1, 0.15) is 40.0 Å². The van der Waals surface area contributed by atoms with Gasteiger partial charge in [0.1, 0.15) is 6.04 Å². The summed E-state index contributed by atoms with van der Waals surface area (Å²) in [7, 11) is 0. The molecule has 0 bridgehead atoms. The first-order chi connectivity index (χ1) is 10.8. The van der Waals surface area contributed by atoms with Gasteiger partial charge in [0.2, 0.25) is 11.8 Å². The SMILES string of the molecule is CC(C)(C)N(C(=O)C1CC1)C1CC(=O)N(c2ccccc2)C1=O. The van der Waals surface area contributed by atoms with Gasteiger partial charge in [-0.1, -0.05) is 18.2 Å². The molecule has 122 valence electrons. The monoisotopic (exact) mass is 314 g/mol. The van der Waals surface area contributed by atoms with Crippen LogP contribution in [-0.4, -0.2) is 34.2 Å². The highest BCUT2D eigenvalue weighted by molar-refractivity contribution is 6.23. The van der Waals surface area contributed by atoms with Crippen molar-refractivity contribution in [2.75, 3.05) is 4.90 Å². The topological polar surface area (TPSA) is 57.7 Å². The zero-order valence-corrected chi connectivity index (χ0v) is 13.8. The Balaban J connectivity index is 1.91. The van der Waals surface area contributed by atoms with E-state index in [2.05, 4.69) is 0 Å². The molecular weight excluding hydrogens is 292 g/mol. The van der Waals surface area contributed by atoms with E-state index in [0.29, 0.717) is 5.69 Å². The van der Waals surface area contributed by atoms with Gasteiger partial charge in [0, 0.05) is 11.5 Å². The maximum Gasteiger partial charge on any atom is 0.257 e. The van der Waals surface area contributed by atoms with Gasteiger partial charge >= 0.3 is 0 Å². The van der Waals surface area contributed by atoms with Crippen molar-refractivity contribution in [2.45, 2.75) is 51.6 Å². The lowest BCUT2D eigenvalue weighted by atomic mass is 10.0. The second-order valence-electron chi connectivity index (χ2n) is 7.28. The summed E-state index contributed by atoms with van der Waals surface area (Å²) >= 11 is 0. The normalized spacial score (nSPS) is 21.7. The van der Waals surface area contributed by atoms with Crippen LogP contribution < -0.4 is 4.90 Å². The van der Waals surface area contributed by atoms with E-state index in [1.807, 2.05) is 26.8 Å². The summed E-state index contributed by atoms with van der Waals surface area (Å²) in [6, 6.07) is 8.20. The van der Waals surface area contributed by atoms with E-state index in [1.165, 1.54) is 4.90 Å². The summed E-state index contributed by atoms with van der Waals surface area (Å²) in [5.74, 6) is -0.532. The van der Waals surface area contributed by atoms with E-state index in [9.17, 15) is 14.4 Å². The van der Waals surface area contributed by atoms with Gasteiger partial charge in [0.05, 0.1) is 12.1 Å². The lowest BCUT2D eigenvalue weighted by Gasteiger charge is -2.39. The van der Waals surface area contributed by atoms with Gasteiger partial charge in [0.15, 0.2) is 0 Å². The maximum absolute atomic E-state index is 12.9. The van der Waals surface area contributed by atoms with Crippen molar-refractivity contribution in [3.8, 4) is 0 Å². The van der Waals surface area contributed by atoms with E-state index >= 15 is 0 Å². The smallest absolute Gasteiger partial charge is 0.257 e. The van der Waals surface area contributed by atoms with Crippen LogP contribution in [0, 0.1) is 5.92 Å². The number of anilines is 1. The molecule has 5 nitrogen and oxygen atoms in total. The number of carbonyl (C=O) groups is 3. The Hall–Kier alpha value is -2.17. The number of hydrogen-bond acceptors (Lipinski definition) is 3. The van der Waals surface area contributed by atoms with Crippen LogP contribution in [0.4, 0.5) is 5.69 Å². The van der Waals surface area contributed by atoms with E-state index in [0.717, 1.165) is 12.8 Å². The second-order valence-corrected chi connectivity index (χ2v) is 7.28. The molecule has 1 aliphatic heterocycles. The maximum atomic E-state index is 12.9. The molecule has 1 unspecified atom stereocenters. The molecule has 23 heavy (non-hydrogen) atoms. The Labute approximate surface area is 136 Å². The number of rotatable bonds is 3. The number of benzene rings is 1. The third kappa shape index (κ3) is 2.87. The lowest BCUT2D eigenvalue weighted by Crippen LogP contribution is -2.55. The standard InChI is InChI=1S/C18H22N2O3/c1-18(2,3)20(16(22)12-9-10-12)14-11-15(21)19(17(14)23)13-7-5-4-6-8-13/h4-8,12,14H,9-11H2,1-3H3. The molecule has 0 N–H and O–H groups in total. The second kappa shape index (κ2) is 5.48. The van der Waals surface area contributed by atoms with Crippen molar-refractivity contribution in [1.29, 1.82) is 0 Å². The highest BCUT2D eigenvalue weighted by Crippen LogP contribution is 2.37. The Morgan fingerprint density at radius 1 is 1.13 bits per heavy atom. The van der Waals surface area contributed by atoms with E-state index < -0.39 is 11.6 Å². The van der Waals surface area contributed by atoms with Crippen molar-refractivity contribution in [2.24, 2.45) is 5.92 Å². The molecule has 5 heteroatoms. The van der Waals surface area contributed by atoms with Gasteiger partial charge in [-0.2, -0.15) is 0 Å². The van der Waals surface area contributed by atoms with Crippen LogP contribution in [0.25, 0.3) is 0 Å². The molecule has 2 fully saturated rings. The van der Waals surface area contributed by atoms with Crippen molar-refractivity contribution in [3.63, 3.8) is 0 Å². The Kier molecular flexibility index (Phi) is 3.74. The Morgan fingerprint density at radius 2 is 1.74 bits per heavy atom. The summed E-state index contributed by atoms with van der Waals surface area (Å²) in [5.41, 5.74) is 0.0743. The van der Waals surface area contributed by atoms with Crippen LogP contribution >= 0.6 is 0 Å². The molecule has 2 aliphatic rings. The molecule has 1 aromatic rings. The van der Waals surface area contributed by atoms with E-state index in [1.54, 1.807) is 29.2 Å². The Bertz CT molecular complexity index is 644. The minimum absolute atomic E-state index is 0.00133. The first-order valence-corrected chi connectivity index (χ1v) is 8.05. The van der Waals surface area contributed by atoms with Crippen molar-refractivity contribution in [3.05, 3.63) is 30.3 Å². The Morgan fingerprint density at radius 3 is 2.26 bits per heavy atom. The first kappa shape index (κ1) is 15.7. The fraction of sp³-hybridized carbons (Fsp3) is 0.500. The summed E-state index contributed by atoms with van der Waals surface area (Å²) < 4.78 is 0. The van der Waals surface area contributed by atoms with Crippen LogP contribution in [-0.2, 0) is 14.4 Å². The lowest BCUT2D eigenvalue weighted by molar-refractivity contribution is -0.145. The minimum atomic E-state index is -0.698. The summed E-state index contributed by atoms with van der Waals surface area (Å²) in [4.78, 5) is 40.8. The van der Waals surface area contributed by atoms with Crippen molar-refractivity contribution in [1.82, 2.24) is 4.90 Å². The number of imide groups is 1. The quantitative estimate of drug-likeness (QED) is 0.805. The predicted octanol–water partition coefficient (Wildman–Crippen LogP) is 2.36. The summed E-state index contributed by atoms with van der Waals surface area (Å²) in [6.45, 7) is 5.74. The molecule has 1 heterocycles. The molecule has 1 saturated heterocycles. The number of para-hydroxylation sites is 1. The van der Waals surface area contributed by atoms with Crippen molar-refractivity contribution >= 4 is 23.4 Å². The number of hydrogen-bond donors (Lipinski definition) is 0. The van der Waals surface area contributed by atoms with Gasteiger partial charge in [-0.25, -0.2) is 4.90 Å². The number of nitrogens with zero attached hydrogens (tertiary/aromatic N) is 2. The average Bonchev–Trinajstić information content (AvgIpc) is 3.27. The molecule has 1 saturated carbocycles. The molecule has 3 rings (SSSR count). The molecule has 3 amide bonds. The van der Waals surface area contributed by atoms with Crippen LogP contribution in [0.5, 0.6) is 0 Å². The molecule has 1 atom stereocenters. The van der Waals surface area contributed by atoms with Crippen LogP contribution in [0.2, 0.25) is 0 Å². The molecule has 0 spiro atoms. The first-order valence-electron chi connectivity index (χ1n) is 8.05. The summed E-state index contributed by atoms with van der Waals surface area (Å²) in [5, 5.41) is 0. The largest absolute Gasteiger partial charge is 0.325 e. The van der Waals surface area contributed by atoms with Gasteiger partial charge in [-0.3, -0.25) is 14.4 Å². The molecule has 1 aromatic carbocycles. The zero-order chi connectivity index (χ0) is 16.8. The summed E-state index contributed by atoms with van der Waals surface area (Å²) in [6.07, 6.45) is 1.81. The van der Waals surface area contributed by atoms with E-state index in [-0.39, 0.29) is 30.1 Å². The number of amides is 3. The predicted molar refractivity (Wildman–Crippen MR) is 86.7 cm³/mol. The highest BCUT2D eigenvalue weighted by atomic mass is 16.2. The van der Waals surface area contributed by atoms with Crippen LogP contribution in [0.3, 0.4) is 0 Å². The molecule has 0 radical (unpaired) electrons. The third-order valence-electron chi connectivity index (χ3n) is 4.34. The highest BCUT2D eigenvalue weighted by Gasteiger charge is 2.49. The third-order valence-corrected chi connectivity index (χ3v) is 4.34. The molecule has 1 aliphatic carbocycles. The van der Waals surface area contributed by atoms with Crippen molar-refractivity contribution < 1.29 is 14.4 Å².